The van der Waals surface area contributed by atoms with E-state index >= 15 is 0 Å². The fourth-order valence-electron chi connectivity index (χ4n) is 2.32. The molecule has 2 rings (SSSR count). The van der Waals surface area contributed by atoms with Crippen LogP contribution in [0.15, 0.2) is 22.7 Å². The van der Waals surface area contributed by atoms with E-state index in [2.05, 4.69) is 21.2 Å². The molecule has 1 aromatic rings. The SMILES string of the molecule is OC1(CNCc2cc(Cl)ccc2Br)CCCC1. The fourth-order valence-corrected chi connectivity index (χ4v) is 2.90. The summed E-state index contributed by atoms with van der Waals surface area (Å²) in [5.41, 5.74) is 0.629. The van der Waals surface area contributed by atoms with Crippen LogP contribution in [0.4, 0.5) is 0 Å². The minimum atomic E-state index is -0.495. The Labute approximate surface area is 115 Å². The van der Waals surface area contributed by atoms with Gasteiger partial charge in [-0.05, 0) is 36.6 Å². The van der Waals surface area contributed by atoms with Crippen molar-refractivity contribution in [1.82, 2.24) is 5.32 Å². The quantitative estimate of drug-likeness (QED) is 0.890. The zero-order valence-corrected chi connectivity index (χ0v) is 12.0. The van der Waals surface area contributed by atoms with Crippen molar-refractivity contribution in [3.63, 3.8) is 0 Å². The summed E-state index contributed by atoms with van der Waals surface area (Å²) in [5, 5.41) is 14.2. The summed E-state index contributed by atoms with van der Waals surface area (Å²) in [6.45, 7) is 1.38. The molecule has 0 amide bonds. The summed E-state index contributed by atoms with van der Waals surface area (Å²) in [6, 6.07) is 5.75. The lowest BCUT2D eigenvalue weighted by Crippen LogP contribution is -2.37. The molecule has 1 aromatic carbocycles. The van der Waals surface area contributed by atoms with Gasteiger partial charge >= 0.3 is 0 Å². The van der Waals surface area contributed by atoms with Crippen LogP contribution in [0, 0.1) is 0 Å². The second-order valence-electron chi connectivity index (χ2n) is 4.77. The van der Waals surface area contributed by atoms with Gasteiger partial charge < -0.3 is 10.4 Å². The van der Waals surface area contributed by atoms with Crippen LogP contribution < -0.4 is 5.32 Å². The van der Waals surface area contributed by atoms with Crippen LogP contribution in [0.3, 0.4) is 0 Å². The Kier molecular flexibility index (Phi) is 4.47. The van der Waals surface area contributed by atoms with E-state index in [1.807, 2.05) is 18.2 Å². The predicted octanol–water partition coefficient (Wildman–Crippen LogP) is 3.50. The molecule has 0 bridgehead atoms. The van der Waals surface area contributed by atoms with Crippen LogP contribution in [0.25, 0.3) is 0 Å². The fraction of sp³-hybridized carbons (Fsp3) is 0.538. The summed E-state index contributed by atoms with van der Waals surface area (Å²) < 4.78 is 1.05. The van der Waals surface area contributed by atoms with Crippen LogP contribution >= 0.6 is 27.5 Å². The average molecular weight is 319 g/mol. The van der Waals surface area contributed by atoms with Gasteiger partial charge in [0.05, 0.1) is 5.60 Å². The highest BCUT2D eigenvalue weighted by Gasteiger charge is 2.30. The predicted molar refractivity (Wildman–Crippen MR) is 74.3 cm³/mol. The van der Waals surface area contributed by atoms with Crippen LogP contribution in [-0.2, 0) is 6.54 Å². The Hall–Kier alpha value is -0.0900. The van der Waals surface area contributed by atoms with E-state index in [1.54, 1.807) is 0 Å². The molecule has 0 unspecified atom stereocenters. The molecular formula is C13H17BrClNO. The Morgan fingerprint density at radius 1 is 1.35 bits per heavy atom. The zero-order valence-electron chi connectivity index (χ0n) is 9.68. The molecule has 17 heavy (non-hydrogen) atoms. The first-order valence-corrected chi connectivity index (χ1v) is 7.13. The minimum absolute atomic E-state index is 0.495. The summed E-state index contributed by atoms with van der Waals surface area (Å²) in [7, 11) is 0. The van der Waals surface area contributed by atoms with Gasteiger partial charge in [0.2, 0.25) is 0 Å². The summed E-state index contributed by atoms with van der Waals surface area (Å²) >= 11 is 9.45. The molecule has 1 aliphatic rings. The number of hydrogen-bond donors (Lipinski definition) is 2. The van der Waals surface area contributed by atoms with Gasteiger partial charge in [-0.2, -0.15) is 0 Å². The molecule has 0 atom stereocenters. The second-order valence-corrected chi connectivity index (χ2v) is 6.06. The molecule has 0 saturated heterocycles. The summed E-state index contributed by atoms with van der Waals surface area (Å²) in [6.07, 6.45) is 4.10. The van der Waals surface area contributed by atoms with Gasteiger partial charge in [0.15, 0.2) is 0 Å². The lowest BCUT2D eigenvalue weighted by Gasteiger charge is -2.22. The number of benzene rings is 1. The van der Waals surface area contributed by atoms with Crippen molar-refractivity contribution in [2.24, 2.45) is 0 Å². The van der Waals surface area contributed by atoms with Gasteiger partial charge in [-0.3, -0.25) is 0 Å². The molecule has 0 heterocycles. The van der Waals surface area contributed by atoms with E-state index < -0.39 is 5.60 Å². The lowest BCUT2D eigenvalue weighted by atomic mass is 10.0. The maximum atomic E-state index is 10.2. The molecule has 2 N–H and O–H groups in total. The van der Waals surface area contributed by atoms with Gasteiger partial charge in [0.25, 0.3) is 0 Å². The highest BCUT2D eigenvalue weighted by molar-refractivity contribution is 9.10. The molecule has 4 heteroatoms. The average Bonchev–Trinajstić information content (AvgIpc) is 2.71. The standard InChI is InChI=1S/C13H17BrClNO/c14-12-4-3-11(15)7-10(12)8-16-9-13(17)5-1-2-6-13/h3-4,7,16-17H,1-2,5-6,8-9H2. The normalized spacial score (nSPS) is 18.5. The Balaban J connectivity index is 1.87. The third-order valence-corrected chi connectivity index (χ3v) is 4.32. The smallest absolute Gasteiger partial charge is 0.0771 e. The molecule has 0 radical (unpaired) electrons. The maximum Gasteiger partial charge on any atom is 0.0771 e. The second kappa shape index (κ2) is 5.70. The number of nitrogens with one attached hydrogen (secondary N) is 1. The number of hydrogen-bond acceptors (Lipinski definition) is 2. The molecule has 0 aromatic heterocycles. The van der Waals surface area contributed by atoms with E-state index in [9.17, 15) is 5.11 Å². The van der Waals surface area contributed by atoms with Crippen molar-refractivity contribution in [2.75, 3.05) is 6.54 Å². The van der Waals surface area contributed by atoms with E-state index in [0.717, 1.165) is 47.3 Å². The van der Waals surface area contributed by atoms with Crippen LogP contribution in [0.5, 0.6) is 0 Å². The zero-order chi connectivity index (χ0) is 12.3. The molecule has 2 nitrogen and oxygen atoms in total. The monoisotopic (exact) mass is 317 g/mol. The minimum Gasteiger partial charge on any atom is -0.389 e. The maximum absolute atomic E-state index is 10.2. The molecule has 0 spiro atoms. The molecular weight excluding hydrogens is 302 g/mol. The van der Waals surface area contributed by atoms with Crippen molar-refractivity contribution in [1.29, 1.82) is 0 Å². The van der Waals surface area contributed by atoms with Crippen molar-refractivity contribution >= 4 is 27.5 Å². The van der Waals surface area contributed by atoms with E-state index in [-0.39, 0.29) is 0 Å². The van der Waals surface area contributed by atoms with E-state index in [4.69, 9.17) is 11.6 Å². The molecule has 1 aliphatic carbocycles. The Morgan fingerprint density at radius 3 is 2.76 bits per heavy atom. The summed E-state index contributed by atoms with van der Waals surface area (Å²) in [4.78, 5) is 0. The van der Waals surface area contributed by atoms with Gasteiger partial charge in [-0.1, -0.05) is 40.4 Å². The van der Waals surface area contributed by atoms with Crippen LogP contribution in [-0.4, -0.2) is 17.3 Å². The Morgan fingerprint density at radius 2 is 2.06 bits per heavy atom. The highest BCUT2D eigenvalue weighted by Crippen LogP contribution is 2.29. The molecule has 1 saturated carbocycles. The van der Waals surface area contributed by atoms with E-state index in [1.165, 1.54) is 0 Å². The topological polar surface area (TPSA) is 32.3 Å². The lowest BCUT2D eigenvalue weighted by molar-refractivity contribution is 0.0475. The molecule has 94 valence electrons. The first kappa shape index (κ1) is 13.3. The van der Waals surface area contributed by atoms with E-state index in [0.29, 0.717) is 6.54 Å². The van der Waals surface area contributed by atoms with Gasteiger partial charge in [-0.25, -0.2) is 0 Å². The summed E-state index contributed by atoms with van der Waals surface area (Å²) in [5.74, 6) is 0. The number of rotatable bonds is 4. The third-order valence-electron chi connectivity index (χ3n) is 3.31. The third kappa shape index (κ3) is 3.68. The molecule has 1 fully saturated rings. The first-order chi connectivity index (χ1) is 8.09. The van der Waals surface area contributed by atoms with Crippen LogP contribution in [0.2, 0.25) is 5.02 Å². The Bertz CT molecular complexity index is 391. The first-order valence-electron chi connectivity index (χ1n) is 5.96. The highest BCUT2D eigenvalue weighted by atomic mass is 79.9. The van der Waals surface area contributed by atoms with Gasteiger partial charge in [-0.15, -0.1) is 0 Å². The van der Waals surface area contributed by atoms with Crippen molar-refractivity contribution in [3.05, 3.63) is 33.3 Å². The van der Waals surface area contributed by atoms with Crippen molar-refractivity contribution in [2.45, 2.75) is 37.8 Å². The van der Waals surface area contributed by atoms with Crippen LogP contribution in [0.1, 0.15) is 31.2 Å². The number of halogens is 2. The van der Waals surface area contributed by atoms with Gasteiger partial charge in [0.1, 0.15) is 0 Å². The van der Waals surface area contributed by atoms with Gasteiger partial charge in [0, 0.05) is 22.6 Å². The van der Waals surface area contributed by atoms with Crippen molar-refractivity contribution < 1.29 is 5.11 Å². The molecule has 0 aliphatic heterocycles. The largest absolute Gasteiger partial charge is 0.389 e. The van der Waals surface area contributed by atoms with Crippen molar-refractivity contribution in [3.8, 4) is 0 Å². The number of aliphatic hydroxyl groups is 1.